The van der Waals surface area contributed by atoms with Crippen molar-refractivity contribution in [2.24, 2.45) is 0 Å². The maximum Gasteiger partial charge on any atom is 0.128 e. The summed E-state index contributed by atoms with van der Waals surface area (Å²) in [5.74, 6) is 0.841. The third-order valence-corrected chi connectivity index (χ3v) is 2.41. The summed E-state index contributed by atoms with van der Waals surface area (Å²) < 4.78 is 0. The van der Waals surface area contributed by atoms with E-state index in [2.05, 4.69) is 16.0 Å². The fourth-order valence-corrected chi connectivity index (χ4v) is 1.52. The lowest BCUT2D eigenvalue weighted by Gasteiger charge is -2.17. The molecule has 0 atom stereocenters. The molecule has 4 nitrogen and oxygen atoms in total. The van der Waals surface area contributed by atoms with Crippen LogP contribution < -0.4 is 4.90 Å². The molecule has 0 aliphatic carbocycles. The molecule has 0 aliphatic heterocycles. The van der Waals surface area contributed by atoms with Crippen molar-refractivity contribution in [1.29, 1.82) is 5.26 Å². The van der Waals surface area contributed by atoms with Crippen LogP contribution in [0.15, 0.2) is 42.9 Å². The first-order valence-corrected chi connectivity index (χ1v) is 5.26. The first-order chi connectivity index (χ1) is 8.29. The number of hydrogen-bond donors (Lipinski definition) is 0. The topological polar surface area (TPSA) is 52.8 Å². The van der Waals surface area contributed by atoms with Crippen LogP contribution in [-0.4, -0.2) is 17.0 Å². The third kappa shape index (κ3) is 2.79. The lowest BCUT2D eigenvalue weighted by atomic mass is 10.2. The van der Waals surface area contributed by atoms with Crippen LogP contribution in [-0.2, 0) is 6.54 Å². The molecule has 2 heterocycles. The van der Waals surface area contributed by atoms with Gasteiger partial charge in [0.05, 0.1) is 5.56 Å². The molecule has 0 radical (unpaired) electrons. The summed E-state index contributed by atoms with van der Waals surface area (Å²) in [7, 11) is 1.96. The Bertz CT molecular complexity index is 513. The second-order valence-electron chi connectivity index (χ2n) is 3.73. The van der Waals surface area contributed by atoms with Crippen molar-refractivity contribution >= 4 is 5.82 Å². The molecular formula is C13H12N4. The molecule has 0 saturated carbocycles. The van der Waals surface area contributed by atoms with E-state index < -0.39 is 0 Å². The number of pyridine rings is 2. The van der Waals surface area contributed by atoms with Gasteiger partial charge in [0, 0.05) is 32.2 Å². The van der Waals surface area contributed by atoms with Crippen molar-refractivity contribution in [3.05, 3.63) is 54.0 Å². The fourth-order valence-electron chi connectivity index (χ4n) is 1.52. The molecule has 0 amide bonds. The Kier molecular flexibility index (Phi) is 3.31. The molecular weight excluding hydrogens is 212 g/mol. The quantitative estimate of drug-likeness (QED) is 0.800. The Balaban J connectivity index is 2.10. The molecule has 0 N–H and O–H groups in total. The van der Waals surface area contributed by atoms with E-state index in [0.29, 0.717) is 5.56 Å². The number of nitriles is 1. The van der Waals surface area contributed by atoms with E-state index in [1.807, 2.05) is 36.3 Å². The lowest BCUT2D eigenvalue weighted by molar-refractivity contribution is 0.891. The molecule has 0 saturated heterocycles. The van der Waals surface area contributed by atoms with E-state index in [1.54, 1.807) is 18.5 Å². The van der Waals surface area contributed by atoms with Gasteiger partial charge in [0.15, 0.2) is 0 Å². The molecule has 0 fully saturated rings. The normalized spacial score (nSPS) is 9.65. The molecule has 2 aromatic rings. The molecule has 4 heteroatoms. The maximum absolute atomic E-state index is 8.69. The predicted molar refractivity (Wildman–Crippen MR) is 65.3 cm³/mol. The first-order valence-electron chi connectivity index (χ1n) is 5.26. The number of aromatic nitrogens is 2. The highest BCUT2D eigenvalue weighted by Crippen LogP contribution is 2.12. The minimum Gasteiger partial charge on any atom is -0.355 e. The van der Waals surface area contributed by atoms with E-state index in [0.717, 1.165) is 17.9 Å². The second kappa shape index (κ2) is 5.08. The van der Waals surface area contributed by atoms with Crippen molar-refractivity contribution in [3.8, 4) is 6.07 Å². The van der Waals surface area contributed by atoms with Gasteiger partial charge in [0.1, 0.15) is 11.9 Å². The van der Waals surface area contributed by atoms with Gasteiger partial charge in [0.25, 0.3) is 0 Å². The Morgan fingerprint density at radius 3 is 2.76 bits per heavy atom. The second-order valence-corrected chi connectivity index (χ2v) is 3.73. The van der Waals surface area contributed by atoms with Crippen LogP contribution in [0.2, 0.25) is 0 Å². The predicted octanol–water partition coefficient (Wildman–Crippen LogP) is 1.98. The zero-order chi connectivity index (χ0) is 12.1. The maximum atomic E-state index is 8.69. The van der Waals surface area contributed by atoms with Crippen molar-refractivity contribution in [2.75, 3.05) is 11.9 Å². The van der Waals surface area contributed by atoms with Crippen LogP contribution >= 0.6 is 0 Å². The van der Waals surface area contributed by atoms with Crippen LogP contribution in [0.5, 0.6) is 0 Å². The molecule has 0 bridgehead atoms. The smallest absolute Gasteiger partial charge is 0.128 e. The van der Waals surface area contributed by atoms with Crippen molar-refractivity contribution in [3.63, 3.8) is 0 Å². The van der Waals surface area contributed by atoms with E-state index in [9.17, 15) is 0 Å². The zero-order valence-electron chi connectivity index (χ0n) is 9.54. The van der Waals surface area contributed by atoms with Gasteiger partial charge in [0.2, 0.25) is 0 Å². The summed E-state index contributed by atoms with van der Waals surface area (Å²) in [6, 6.07) is 9.59. The third-order valence-electron chi connectivity index (χ3n) is 2.41. The fraction of sp³-hybridized carbons (Fsp3) is 0.154. The van der Waals surface area contributed by atoms with Crippen molar-refractivity contribution in [2.45, 2.75) is 6.54 Å². The van der Waals surface area contributed by atoms with E-state index in [4.69, 9.17) is 5.26 Å². The lowest BCUT2D eigenvalue weighted by Crippen LogP contribution is -2.17. The highest BCUT2D eigenvalue weighted by molar-refractivity contribution is 5.41. The van der Waals surface area contributed by atoms with Crippen LogP contribution in [0.3, 0.4) is 0 Å². The summed E-state index contributed by atoms with van der Waals surface area (Å²) in [5, 5.41) is 8.69. The van der Waals surface area contributed by atoms with Gasteiger partial charge in [-0.25, -0.2) is 4.98 Å². The van der Waals surface area contributed by atoms with Gasteiger partial charge in [-0.3, -0.25) is 4.98 Å². The summed E-state index contributed by atoms with van der Waals surface area (Å²) >= 11 is 0. The van der Waals surface area contributed by atoms with E-state index in [1.165, 1.54) is 0 Å². The Morgan fingerprint density at radius 2 is 2.18 bits per heavy atom. The minimum absolute atomic E-state index is 0.573. The molecule has 0 unspecified atom stereocenters. The Morgan fingerprint density at radius 1 is 1.29 bits per heavy atom. The minimum atomic E-state index is 0.573. The molecule has 2 rings (SSSR count). The van der Waals surface area contributed by atoms with E-state index >= 15 is 0 Å². The summed E-state index contributed by atoms with van der Waals surface area (Å²) in [6.45, 7) is 0.743. The molecule has 0 aliphatic rings. The zero-order valence-corrected chi connectivity index (χ0v) is 9.54. The number of hydrogen-bond acceptors (Lipinski definition) is 4. The molecule has 0 aromatic carbocycles. The van der Waals surface area contributed by atoms with Crippen LogP contribution in [0.1, 0.15) is 11.1 Å². The molecule has 17 heavy (non-hydrogen) atoms. The van der Waals surface area contributed by atoms with Gasteiger partial charge in [-0.05, 0) is 23.8 Å². The van der Waals surface area contributed by atoms with Gasteiger partial charge < -0.3 is 4.90 Å². The number of rotatable bonds is 3. The molecule has 2 aromatic heterocycles. The summed E-state index contributed by atoms with van der Waals surface area (Å²) in [4.78, 5) is 10.3. The highest BCUT2D eigenvalue weighted by atomic mass is 15.2. The average Bonchev–Trinajstić information content (AvgIpc) is 2.40. The van der Waals surface area contributed by atoms with Crippen LogP contribution in [0.4, 0.5) is 5.82 Å². The highest BCUT2D eigenvalue weighted by Gasteiger charge is 2.03. The number of anilines is 1. The Hall–Kier alpha value is -2.41. The molecule has 0 spiro atoms. The largest absolute Gasteiger partial charge is 0.355 e. The van der Waals surface area contributed by atoms with Gasteiger partial charge in [-0.15, -0.1) is 0 Å². The summed E-state index contributed by atoms with van der Waals surface area (Å²) in [6.07, 6.45) is 5.17. The van der Waals surface area contributed by atoms with Crippen molar-refractivity contribution < 1.29 is 0 Å². The van der Waals surface area contributed by atoms with Crippen molar-refractivity contribution in [1.82, 2.24) is 9.97 Å². The standard InChI is InChI=1S/C13H12N4/c1-17(10-12-3-2-6-15-8-12)13-5-4-11(7-14)9-16-13/h2-6,8-9H,10H2,1H3. The van der Waals surface area contributed by atoms with Gasteiger partial charge in [-0.2, -0.15) is 5.26 Å². The van der Waals surface area contributed by atoms with Crippen LogP contribution in [0.25, 0.3) is 0 Å². The number of nitrogens with zero attached hydrogens (tertiary/aromatic N) is 4. The van der Waals surface area contributed by atoms with Crippen LogP contribution in [0, 0.1) is 11.3 Å². The van der Waals surface area contributed by atoms with Gasteiger partial charge >= 0.3 is 0 Å². The average molecular weight is 224 g/mol. The monoisotopic (exact) mass is 224 g/mol. The Labute approximate surface area is 100 Å². The SMILES string of the molecule is CN(Cc1cccnc1)c1ccc(C#N)cn1. The van der Waals surface area contributed by atoms with Gasteiger partial charge in [-0.1, -0.05) is 6.07 Å². The van der Waals surface area contributed by atoms with E-state index in [-0.39, 0.29) is 0 Å². The first kappa shape index (κ1) is 11.1. The summed E-state index contributed by atoms with van der Waals surface area (Å²) in [5.41, 5.74) is 1.70. The molecule has 84 valence electrons.